The third kappa shape index (κ3) is 17.5. The van der Waals surface area contributed by atoms with E-state index in [4.69, 9.17) is 31.7 Å². The number of hydrogen-bond donors (Lipinski definition) is 6. The Labute approximate surface area is 446 Å². The van der Waals surface area contributed by atoms with Gasteiger partial charge < -0.3 is 24.3 Å². The van der Waals surface area contributed by atoms with Crippen LogP contribution in [0.5, 0.6) is 11.5 Å². The molecular weight excluding hydrogens is 987 g/mol. The molecule has 1 saturated carbocycles. The van der Waals surface area contributed by atoms with E-state index in [1.54, 1.807) is 20.8 Å². The Bertz CT molecular complexity index is 2900. The van der Waals surface area contributed by atoms with Gasteiger partial charge in [-0.2, -0.15) is 0 Å². The summed E-state index contributed by atoms with van der Waals surface area (Å²) in [6.07, 6.45) is 3.30. The predicted octanol–water partition coefficient (Wildman–Crippen LogP) is 9.35. The molecule has 0 aromatic heterocycles. The molecule has 1 aliphatic rings. The number of nitrogens with zero attached hydrogens (tertiary/aromatic N) is 1. The summed E-state index contributed by atoms with van der Waals surface area (Å²) in [5.74, 6) is -1.24. The maximum atomic E-state index is 14.6. The molecule has 0 heterocycles. The first-order chi connectivity index (χ1) is 36.4. The topological polar surface area (TPSA) is 221 Å². The number of ether oxygens (including phenoxy) is 4. The molecule has 19 heteroatoms. The normalized spacial score (nSPS) is 14.3. The van der Waals surface area contributed by atoms with Crippen LogP contribution in [0.1, 0.15) is 104 Å². The summed E-state index contributed by atoms with van der Waals surface area (Å²) in [4.78, 5) is 73.6. The molecule has 1 aliphatic carbocycles. The molecule has 5 aromatic carbocycles. The Hall–Kier alpha value is -7.07. The van der Waals surface area contributed by atoms with E-state index in [-0.39, 0.29) is 44.9 Å². The number of carbonyl (C=O) groups excluding carboxylic acids is 5. The van der Waals surface area contributed by atoms with Crippen molar-refractivity contribution in [2.24, 2.45) is 16.6 Å². The zero-order valence-corrected chi connectivity index (χ0v) is 45.1. The second-order valence-corrected chi connectivity index (χ2v) is 21.3. The van der Waals surface area contributed by atoms with Gasteiger partial charge in [0.2, 0.25) is 0 Å². The summed E-state index contributed by atoms with van der Waals surface area (Å²) < 4.78 is 37.5. The van der Waals surface area contributed by atoms with E-state index in [0.29, 0.717) is 62.5 Å². The molecule has 16 nitrogen and oxygen atoms in total. The van der Waals surface area contributed by atoms with Crippen molar-refractivity contribution in [2.45, 2.75) is 129 Å². The number of alkyl carbamates (subject to hydrolysis) is 1. The van der Waals surface area contributed by atoms with Crippen LogP contribution >= 0.6 is 7.70 Å². The average molecular weight is 1060 g/mol. The number of nitrogens with one attached hydrogen (secondary N) is 5. The van der Waals surface area contributed by atoms with Gasteiger partial charge in [0.05, 0.1) is 6.61 Å². The number of nitrogens with two attached hydrogens (primary N) is 1. The van der Waals surface area contributed by atoms with E-state index < -0.39 is 67.3 Å². The van der Waals surface area contributed by atoms with Crippen LogP contribution in [0.25, 0.3) is 32.7 Å². The molecule has 0 radical (unpaired) electrons. The number of halogens is 1. The summed E-state index contributed by atoms with van der Waals surface area (Å²) in [6.45, 7) is 9.83. The van der Waals surface area contributed by atoms with Crippen molar-refractivity contribution in [2.75, 3.05) is 26.3 Å². The summed E-state index contributed by atoms with van der Waals surface area (Å²) in [7, 11) is 2.67. The van der Waals surface area contributed by atoms with E-state index in [9.17, 15) is 28.2 Å². The molecule has 0 saturated heterocycles. The van der Waals surface area contributed by atoms with Crippen molar-refractivity contribution in [3.63, 3.8) is 0 Å². The molecule has 0 aliphatic heterocycles. The molecule has 0 bridgehead atoms. The van der Waals surface area contributed by atoms with Crippen LogP contribution in [-0.2, 0) is 35.3 Å². The number of guanidine groups is 1. The van der Waals surface area contributed by atoms with Crippen molar-refractivity contribution in [1.82, 2.24) is 26.4 Å². The van der Waals surface area contributed by atoms with Gasteiger partial charge >= 0.3 is 146 Å². The van der Waals surface area contributed by atoms with Crippen LogP contribution in [0.3, 0.4) is 0 Å². The van der Waals surface area contributed by atoms with Gasteiger partial charge in [-0.3, -0.25) is 4.79 Å². The van der Waals surface area contributed by atoms with Gasteiger partial charge in [0.15, 0.2) is 6.61 Å². The van der Waals surface area contributed by atoms with Gasteiger partial charge in [-0.05, 0) is 85.2 Å². The zero-order valence-electron chi connectivity index (χ0n) is 44.3. The SMILES string of the molecule is B#P(F)NC(N)=NCCC[C@@H](NC(=O)[C@@H](CCCCNC(=O)OC(C)(C)C)NC(=O)COc1ccc2ccccc2c1-c1c(OCCC(C)C)ccc2ccccc12)C(=O)NC1(C(=O)OCc2ccccc2)CCCC1. The molecule has 7 N–H and O–H groups in total. The summed E-state index contributed by atoms with van der Waals surface area (Å²) in [5.41, 5.74) is 6.07. The monoisotopic (exact) mass is 1060 g/mol. The number of benzene rings is 5. The molecule has 3 atom stereocenters. The first-order valence-corrected chi connectivity index (χ1v) is 27.4. The molecule has 0 spiro atoms. The second kappa shape index (κ2) is 28.2. The number of fused-ring (bicyclic) bond motifs is 2. The number of amides is 4. The standard InChI is InChI=1S/C57H72BFN7O9P/c1-38(2)30-35-72-46-28-26-40-20-9-11-22-42(40)49(46)50-43-23-12-10-21-41(43)27-29-47(50)73-37-48(67)63-44(24-13-16-33-62-55(71)75-56(3,4)5)51(68)64-45(25-17-34-61-54(60)66-76(58)59)52(69)65-57(31-14-15-32-57)53(70)74-36-39-18-7-6-8-19-39/h6-12,18-23,26-29,38,44-45H,13-17,24-25,30-37H2,1-5H3,(H,62,71)(H,63,67)(H,64,68)(H,65,69)(H3,60,61,66)/t44-,45-/m1/s1. The van der Waals surface area contributed by atoms with Gasteiger partial charge in [0.25, 0.3) is 5.91 Å². The third-order valence-corrected chi connectivity index (χ3v) is 13.2. The minimum atomic E-state index is -2.56. The van der Waals surface area contributed by atoms with Crippen molar-refractivity contribution < 1.29 is 47.1 Å². The Balaban J connectivity index is 1.25. The minimum absolute atomic E-state index is 0.00636. The summed E-state index contributed by atoms with van der Waals surface area (Å²) >= 11 is 0. The number of unbranched alkanes of at least 4 members (excludes halogenated alkanes) is 1. The van der Waals surface area contributed by atoms with Crippen LogP contribution in [-0.4, -0.2) is 92.3 Å². The van der Waals surface area contributed by atoms with Gasteiger partial charge in [-0.25, -0.2) is 9.59 Å². The zero-order chi connectivity index (χ0) is 54.7. The van der Waals surface area contributed by atoms with E-state index in [2.05, 4.69) is 45.2 Å². The van der Waals surface area contributed by atoms with E-state index in [0.717, 1.165) is 44.7 Å². The fourth-order valence-corrected chi connectivity index (χ4v) is 9.30. The fourth-order valence-electron chi connectivity index (χ4n) is 9.01. The molecule has 4 amide bonds. The van der Waals surface area contributed by atoms with Crippen LogP contribution in [0.2, 0.25) is 0 Å². The molecule has 404 valence electrons. The number of aliphatic imine (C=N–C) groups is 1. The second-order valence-electron chi connectivity index (χ2n) is 20.4. The molecule has 6 rings (SSSR count). The van der Waals surface area contributed by atoms with Gasteiger partial charge in [0.1, 0.15) is 23.7 Å². The van der Waals surface area contributed by atoms with Crippen LogP contribution in [0, 0.1) is 5.92 Å². The Morgan fingerprint density at radius 3 is 1.96 bits per heavy atom. The van der Waals surface area contributed by atoms with Gasteiger partial charge in [-0.15, -0.1) is 0 Å². The first-order valence-electron chi connectivity index (χ1n) is 26.1. The minimum Gasteiger partial charge on any atom is -0.459 e. The van der Waals surface area contributed by atoms with E-state index in [1.807, 2.05) is 103 Å². The fraction of sp³-hybridized carbons (Fsp3) is 0.439. The van der Waals surface area contributed by atoms with Crippen LogP contribution in [0.15, 0.2) is 108 Å². The molecule has 76 heavy (non-hydrogen) atoms. The number of rotatable bonds is 25. The van der Waals surface area contributed by atoms with Crippen LogP contribution in [0.4, 0.5) is 8.99 Å². The van der Waals surface area contributed by atoms with Gasteiger partial charge in [0, 0.05) is 17.7 Å². The third-order valence-electron chi connectivity index (χ3n) is 12.8. The molecule has 1 unspecified atom stereocenters. The number of hydrogen-bond acceptors (Lipinski definition) is 10. The Morgan fingerprint density at radius 2 is 1.34 bits per heavy atom. The summed E-state index contributed by atoms with van der Waals surface area (Å²) in [5, 5.41) is 17.4. The van der Waals surface area contributed by atoms with Crippen molar-refractivity contribution in [3.05, 3.63) is 109 Å². The quantitative estimate of drug-likeness (QED) is 0.00807. The van der Waals surface area contributed by atoms with E-state index >= 15 is 0 Å². The van der Waals surface area contributed by atoms with Crippen molar-refractivity contribution >= 4 is 72.0 Å². The molecular formula is C57H72BFN7O9P. The van der Waals surface area contributed by atoms with Crippen molar-refractivity contribution in [1.29, 1.82) is 0 Å². The van der Waals surface area contributed by atoms with E-state index in [1.165, 1.54) is 0 Å². The van der Waals surface area contributed by atoms with Gasteiger partial charge in [-0.1, -0.05) is 118 Å². The first kappa shape index (κ1) is 58.2. The van der Waals surface area contributed by atoms with Crippen molar-refractivity contribution in [3.8, 4) is 22.6 Å². The smallest absolute Gasteiger partial charge is 0.459 e. The average Bonchev–Trinajstić information content (AvgIpc) is 3.86. The Kier molecular flexibility index (Phi) is 21.6. The predicted molar refractivity (Wildman–Crippen MR) is 298 cm³/mol. The molecule has 5 aromatic rings. The van der Waals surface area contributed by atoms with Crippen LogP contribution < -0.4 is 41.6 Å². The maximum absolute atomic E-state index is 14.6. The molecule has 1 fully saturated rings. The Morgan fingerprint density at radius 1 is 0.750 bits per heavy atom. The summed E-state index contributed by atoms with van der Waals surface area (Å²) in [6, 6.07) is 30.4. The number of carbonyl (C=O) groups is 5. The number of esters is 1.